The van der Waals surface area contributed by atoms with Gasteiger partial charge >= 0.3 is 11.4 Å². The minimum absolute atomic E-state index is 0.0154. The number of alkyl halides is 2. The number of carbonyl (C=O) groups excluding carboxylic acids is 2. The molecule has 4 aromatic carbocycles. The molecular formula is C41H29Cl2F5N6O8. The molecule has 2 fully saturated rings. The van der Waals surface area contributed by atoms with Crippen molar-refractivity contribution >= 4 is 62.5 Å². The van der Waals surface area contributed by atoms with Crippen molar-refractivity contribution in [1.82, 2.24) is 23.5 Å². The Morgan fingerprint density at radius 2 is 1.47 bits per heavy atom. The van der Waals surface area contributed by atoms with Gasteiger partial charge in [0.05, 0.1) is 37.8 Å². The standard InChI is InChI=1S/C41H29Cl2F5N6O8/c1-50-23-15-27(62-3)26(61-2)14-22(23)49-21(35(50)56)11-12-51-38(59)52-13-10-20-24(54(52)39(51)60)16-40(42)36(57)53(34-32(47)30(45)29(44)31(46)33(34)48)37(58)41(40,43)28(20)19-8-9-25(55)18-7-5-4-6-17(18)19/h4-10,14-15,24,28,55H,11-13,16H2,1-3H3/t24-,28+,40-,41+/m1/s1. The summed E-state index contributed by atoms with van der Waals surface area (Å²) in [5.41, 5.74) is -3.29. The molecule has 4 heterocycles. The van der Waals surface area contributed by atoms with Crippen LogP contribution in [0.2, 0.25) is 0 Å². The minimum Gasteiger partial charge on any atom is -0.507 e. The maximum Gasteiger partial charge on any atom is 0.347 e. The van der Waals surface area contributed by atoms with Crippen molar-refractivity contribution in [3.8, 4) is 17.2 Å². The van der Waals surface area contributed by atoms with E-state index in [1.807, 2.05) is 0 Å². The number of benzene rings is 4. The SMILES string of the molecule is COc1cc2nc(CCn3c(=O)n4n(c3=O)[C@@H]3C[C@@]5(Cl)C(=O)N(c6c(F)c(F)c(F)c(F)c6F)C(=O)[C@@]5(Cl)[C@@H](c5ccc(O)c6ccccc56)C3=CC4)c(=O)n(C)c2cc1OC. The van der Waals surface area contributed by atoms with Crippen LogP contribution in [-0.2, 0) is 36.1 Å². The molecule has 2 aromatic heterocycles. The second-order valence-electron chi connectivity index (χ2n) is 15.0. The van der Waals surface area contributed by atoms with Gasteiger partial charge < -0.3 is 19.1 Å². The molecule has 3 aliphatic rings. The van der Waals surface area contributed by atoms with Crippen LogP contribution in [0, 0.1) is 29.1 Å². The number of allylic oxidation sites excluding steroid dienone is 2. The van der Waals surface area contributed by atoms with Gasteiger partial charge in [0.1, 0.15) is 17.1 Å². The van der Waals surface area contributed by atoms with E-state index in [2.05, 4.69) is 4.98 Å². The predicted molar refractivity (Wildman–Crippen MR) is 213 cm³/mol. The molecule has 1 aliphatic carbocycles. The van der Waals surface area contributed by atoms with Crippen molar-refractivity contribution in [3.05, 3.63) is 132 Å². The van der Waals surface area contributed by atoms with Crippen molar-refractivity contribution in [2.75, 3.05) is 19.1 Å². The van der Waals surface area contributed by atoms with E-state index in [0.717, 1.165) is 13.9 Å². The predicted octanol–water partition coefficient (Wildman–Crippen LogP) is 5.07. The maximum absolute atomic E-state index is 15.5. The lowest BCUT2D eigenvalue weighted by atomic mass is 9.63. The fourth-order valence-corrected chi connectivity index (χ4v) is 9.97. The van der Waals surface area contributed by atoms with Gasteiger partial charge in [0, 0.05) is 49.9 Å². The number of hydrogen-bond donors (Lipinski definition) is 1. The molecule has 1 saturated carbocycles. The third-order valence-electron chi connectivity index (χ3n) is 12.0. The van der Waals surface area contributed by atoms with Crippen LogP contribution in [0.5, 0.6) is 17.2 Å². The highest BCUT2D eigenvalue weighted by Gasteiger charge is 2.76. The number of rotatable bonds is 7. The fourth-order valence-electron chi connectivity index (χ4n) is 9.06. The van der Waals surface area contributed by atoms with E-state index in [0.29, 0.717) is 22.5 Å². The molecule has 14 nitrogen and oxygen atoms in total. The molecule has 0 radical (unpaired) electrons. The van der Waals surface area contributed by atoms with Crippen LogP contribution in [0.4, 0.5) is 27.6 Å². The normalized spacial score (nSPS) is 21.9. The Labute approximate surface area is 354 Å². The number of carbonyl (C=O) groups is 2. The summed E-state index contributed by atoms with van der Waals surface area (Å²) in [4.78, 5) is 69.9. The summed E-state index contributed by atoms with van der Waals surface area (Å²) in [5, 5.41) is 11.3. The van der Waals surface area contributed by atoms with Gasteiger partial charge in [-0.25, -0.2) is 55.4 Å². The van der Waals surface area contributed by atoms with Crippen molar-refractivity contribution in [3.63, 3.8) is 0 Å². The summed E-state index contributed by atoms with van der Waals surface area (Å²) in [6.45, 7) is -0.709. The third kappa shape index (κ3) is 5.26. The summed E-state index contributed by atoms with van der Waals surface area (Å²) in [6, 6.07) is 10.5. The molecule has 0 spiro atoms. The first-order valence-electron chi connectivity index (χ1n) is 18.6. The second-order valence-corrected chi connectivity index (χ2v) is 16.2. The number of ether oxygens (including phenoxy) is 2. The van der Waals surface area contributed by atoms with E-state index >= 15 is 8.78 Å². The van der Waals surface area contributed by atoms with Crippen LogP contribution in [0.15, 0.2) is 74.6 Å². The number of aromatic nitrogens is 5. The van der Waals surface area contributed by atoms with Gasteiger partial charge in [0.25, 0.3) is 17.4 Å². The van der Waals surface area contributed by atoms with Crippen molar-refractivity contribution in [2.24, 2.45) is 7.05 Å². The Kier molecular flexibility index (Phi) is 9.26. The number of methoxy groups -OCH3 is 2. The van der Waals surface area contributed by atoms with Gasteiger partial charge in [0.15, 0.2) is 44.5 Å². The zero-order valence-corrected chi connectivity index (χ0v) is 33.8. The molecule has 2 amide bonds. The van der Waals surface area contributed by atoms with Gasteiger partial charge in [0.2, 0.25) is 5.82 Å². The van der Waals surface area contributed by atoms with Crippen LogP contribution >= 0.6 is 23.2 Å². The van der Waals surface area contributed by atoms with E-state index in [-0.39, 0.29) is 57.8 Å². The number of amides is 2. The third-order valence-corrected chi connectivity index (χ3v) is 13.4. The molecule has 21 heteroatoms. The van der Waals surface area contributed by atoms with E-state index in [1.54, 1.807) is 24.3 Å². The average molecular weight is 900 g/mol. The quantitative estimate of drug-likeness (QED) is 0.0577. The van der Waals surface area contributed by atoms with Crippen LogP contribution in [-0.4, -0.2) is 64.4 Å². The van der Waals surface area contributed by atoms with Crippen LogP contribution in [0.3, 0.4) is 0 Å². The monoisotopic (exact) mass is 898 g/mol. The Hall–Kier alpha value is -6.47. The highest BCUT2D eigenvalue weighted by Crippen LogP contribution is 2.64. The number of hydrogen-bond acceptors (Lipinski definition) is 9. The lowest BCUT2D eigenvalue weighted by Gasteiger charge is -2.49. The summed E-state index contributed by atoms with van der Waals surface area (Å²) >= 11 is 14.5. The Bertz CT molecular complexity index is 3210. The number of imide groups is 1. The van der Waals surface area contributed by atoms with Gasteiger partial charge in [-0.3, -0.25) is 14.4 Å². The van der Waals surface area contributed by atoms with Gasteiger partial charge in [-0.05, 0) is 22.6 Å². The van der Waals surface area contributed by atoms with Gasteiger partial charge in [-0.1, -0.05) is 36.4 Å². The lowest BCUT2D eigenvalue weighted by Crippen LogP contribution is -2.59. The molecule has 62 heavy (non-hydrogen) atoms. The topological polar surface area (TPSA) is 160 Å². The first-order chi connectivity index (χ1) is 29.4. The molecule has 9 rings (SSSR count). The molecule has 0 bridgehead atoms. The van der Waals surface area contributed by atoms with Crippen LogP contribution in [0.25, 0.3) is 21.8 Å². The van der Waals surface area contributed by atoms with E-state index in [9.17, 15) is 42.3 Å². The van der Waals surface area contributed by atoms with E-state index < -0.39 is 91.7 Å². The number of aromatic hydroxyl groups is 1. The lowest BCUT2D eigenvalue weighted by molar-refractivity contribution is -0.122. The number of anilines is 1. The molecule has 1 N–H and O–H groups in total. The molecule has 1 saturated heterocycles. The van der Waals surface area contributed by atoms with E-state index in [4.69, 9.17) is 32.7 Å². The smallest absolute Gasteiger partial charge is 0.347 e. The molecule has 2 aliphatic heterocycles. The van der Waals surface area contributed by atoms with Crippen molar-refractivity contribution in [1.29, 1.82) is 0 Å². The number of halogens is 7. The molecule has 6 aromatic rings. The van der Waals surface area contributed by atoms with Gasteiger partial charge in [-0.15, -0.1) is 23.2 Å². The summed E-state index contributed by atoms with van der Waals surface area (Å²) in [5.74, 6) is -16.9. The summed E-state index contributed by atoms with van der Waals surface area (Å²) in [6.07, 6.45) is 0.426. The van der Waals surface area contributed by atoms with Crippen LogP contribution in [0.1, 0.15) is 29.6 Å². The number of phenolic OH excluding ortho intramolecular Hbond substituents is 1. The first kappa shape index (κ1) is 40.9. The molecule has 4 atom stereocenters. The largest absolute Gasteiger partial charge is 0.507 e. The fraction of sp³-hybridized carbons (Fsp3) is 0.268. The first-order valence-corrected chi connectivity index (χ1v) is 19.4. The number of aryl methyl sites for hydroxylation is 2. The number of fused-ring (bicyclic) bond motifs is 6. The molecule has 320 valence electrons. The Morgan fingerprint density at radius 1 is 0.839 bits per heavy atom. The summed E-state index contributed by atoms with van der Waals surface area (Å²) in [7, 11) is 4.36. The highest BCUT2D eigenvalue weighted by molar-refractivity contribution is 6.58. The summed E-state index contributed by atoms with van der Waals surface area (Å²) < 4.78 is 89.3. The zero-order chi connectivity index (χ0) is 44.5. The number of phenols is 1. The maximum atomic E-state index is 15.5. The Balaban J connectivity index is 1.20. The second kappa shape index (κ2) is 14.0. The average Bonchev–Trinajstić information content (AvgIpc) is 3.59. The minimum atomic E-state index is -2.80. The zero-order valence-electron chi connectivity index (χ0n) is 32.3. The van der Waals surface area contributed by atoms with Crippen LogP contribution < -0.4 is 31.3 Å². The Morgan fingerprint density at radius 3 is 2.13 bits per heavy atom. The molecular weight excluding hydrogens is 870 g/mol. The van der Waals surface area contributed by atoms with E-state index in [1.165, 1.54) is 56.2 Å². The van der Waals surface area contributed by atoms with Gasteiger partial charge in [-0.2, -0.15) is 0 Å². The number of nitrogens with zero attached hydrogens (tertiary/aromatic N) is 6. The highest BCUT2D eigenvalue weighted by atomic mass is 35.5. The van der Waals surface area contributed by atoms with Crippen molar-refractivity contribution < 1.29 is 46.1 Å². The molecule has 0 unspecified atom stereocenters. The van der Waals surface area contributed by atoms with Crippen molar-refractivity contribution in [2.45, 2.75) is 47.6 Å².